The van der Waals surface area contributed by atoms with Crippen LogP contribution in [0.4, 0.5) is 0 Å². The Kier molecular flexibility index (Phi) is 1200. The maximum atomic E-state index is 0. The normalized spacial score (nSPS) is 0. The summed E-state index contributed by atoms with van der Waals surface area (Å²) in [6, 6.07) is 0. The SMILES string of the molecule is C.[B].[Cr].[Ni].[Si]. The smallest absolute Gasteiger partial charge is 0 e. The van der Waals surface area contributed by atoms with Gasteiger partial charge in [-0.2, -0.15) is 0 Å². The minimum Gasteiger partial charge on any atom is -0.0776 e. The first-order valence-corrected chi connectivity index (χ1v) is 0. The summed E-state index contributed by atoms with van der Waals surface area (Å²) in [6.45, 7) is 0. The molecular formula is CH4BCrNiSi. The largest absolute Gasteiger partial charge is 0.0776 e. The van der Waals surface area contributed by atoms with Gasteiger partial charge in [0.15, 0.2) is 0 Å². The first-order valence-electron chi connectivity index (χ1n) is 0. The van der Waals surface area contributed by atoms with E-state index >= 15 is 0 Å². The summed E-state index contributed by atoms with van der Waals surface area (Å²) in [7, 11) is 0. The van der Waals surface area contributed by atoms with Crippen molar-refractivity contribution in [1.29, 1.82) is 0 Å². The van der Waals surface area contributed by atoms with Gasteiger partial charge < -0.3 is 0 Å². The van der Waals surface area contributed by atoms with Crippen LogP contribution in [0.1, 0.15) is 7.43 Å². The summed E-state index contributed by atoms with van der Waals surface area (Å²) in [5.41, 5.74) is 0. The van der Waals surface area contributed by atoms with Crippen LogP contribution in [0.25, 0.3) is 0 Å². The van der Waals surface area contributed by atoms with Gasteiger partial charge in [-0.05, 0) is 0 Å². The van der Waals surface area contributed by atoms with Crippen LogP contribution >= 0.6 is 0 Å². The van der Waals surface area contributed by atoms with Crippen LogP contribution in [0.5, 0.6) is 0 Å². The Morgan fingerprint density at radius 3 is 1.00 bits per heavy atom. The van der Waals surface area contributed by atoms with Crippen LogP contribution in [-0.2, 0) is 33.9 Å². The average molecular weight is 166 g/mol. The van der Waals surface area contributed by atoms with Crippen molar-refractivity contribution in [3.05, 3.63) is 0 Å². The first-order chi connectivity index (χ1) is 0. The second kappa shape index (κ2) is 57.6. The molecule has 0 fully saturated rings. The van der Waals surface area contributed by atoms with Crippen LogP contribution in [-0.4, -0.2) is 19.4 Å². The van der Waals surface area contributed by atoms with Crippen molar-refractivity contribution in [2.75, 3.05) is 0 Å². The van der Waals surface area contributed by atoms with Gasteiger partial charge in [0.2, 0.25) is 0 Å². The maximum absolute atomic E-state index is 0. The van der Waals surface area contributed by atoms with E-state index in [9.17, 15) is 0 Å². The van der Waals surface area contributed by atoms with E-state index in [4.69, 9.17) is 0 Å². The molecule has 0 aliphatic carbocycles. The molecule has 4 heteroatoms. The minimum atomic E-state index is 0. The van der Waals surface area contributed by atoms with Gasteiger partial charge in [0.05, 0.1) is 0 Å². The van der Waals surface area contributed by atoms with Crippen molar-refractivity contribution >= 4 is 19.4 Å². The van der Waals surface area contributed by atoms with Gasteiger partial charge >= 0.3 is 0 Å². The van der Waals surface area contributed by atoms with Crippen LogP contribution in [0, 0.1) is 0 Å². The molecule has 5 heavy (non-hydrogen) atoms. The monoisotopic (exact) mass is 165 g/mol. The Labute approximate surface area is 60.8 Å². The van der Waals surface area contributed by atoms with Gasteiger partial charge in [0, 0.05) is 53.2 Å². The van der Waals surface area contributed by atoms with Crippen molar-refractivity contribution in [3.63, 3.8) is 0 Å². The molecule has 0 aromatic rings. The third-order valence-electron chi connectivity index (χ3n) is 0. The molecule has 7 radical (unpaired) electrons. The zero-order chi connectivity index (χ0) is 0. The quantitative estimate of drug-likeness (QED) is 0.439. The second-order valence-electron chi connectivity index (χ2n) is 0. The van der Waals surface area contributed by atoms with Crippen LogP contribution in [0.3, 0.4) is 0 Å². The zero-order valence-corrected chi connectivity index (χ0v) is 5.06. The summed E-state index contributed by atoms with van der Waals surface area (Å²) < 4.78 is 0. The molecule has 0 aliphatic rings. The molecule has 0 aliphatic heterocycles. The molecule has 0 heterocycles. The molecule has 0 spiro atoms. The predicted octanol–water partition coefficient (Wildman–Crippen LogP) is -0.131. The molecular weight excluding hydrogens is 162 g/mol. The number of hydrogen-bond donors (Lipinski definition) is 0. The van der Waals surface area contributed by atoms with Gasteiger partial charge in [-0.3, -0.25) is 0 Å². The van der Waals surface area contributed by atoms with Crippen molar-refractivity contribution in [3.8, 4) is 0 Å². The van der Waals surface area contributed by atoms with Gasteiger partial charge in [0.1, 0.15) is 0 Å². The van der Waals surface area contributed by atoms with Gasteiger partial charge in [-0.25, -0.2) is 0 Å². The maximum Gasteiger partial charge on any atom is 0 e. The molecule has 0 amide bonds. The Morgan fingerprint density at radius 2 is 1.00 bits per heavy atom. The Morgan fingerprint density at radius 1 is 1.00 bits per heavy atom. The van der Waals surface area contributed by atoms with E-state index in [0.717, 1.165) is 0 Å². The minimum absolute atomic E-state index is 0. The molecule has 0 rings (SSSR count). The molecule has 0 aromatic carbocycles. The van der Waals surface area contributed by atoms with Crippen molar-refractivity contribution in [2.45, 2.75) is 7.43 Å². The Hall–Kier alpha value is 1.31. The van der Waals surface area contributed by atoms with Crippen LogP contribution < -0.4 is 0 Å². The molecule has 0 nitrogen and oxygen atoms in total. The fourth-order valence-corrected chi connectivity index (χ4v) is 0. The van der Waals surface area contributed by atoms with Gasteiger partial charge in [0.25, 0.3) is 0 Å². The van der Waals surface area contributed by atoms with E-state index in [1.807, 2.05) is 0 Å². The molecule has 0 atom stereocenters. The van der Waals surface area contributed by atoms with Crippen molar-refractivity contribution < 1.29 is 33.9 Å². The van der Waals surface area contributed by atoms with Crippen LogP contribution in [0.15, 0.2) is 0 Å². The molecule has 0 saturated heterocycles. The van der Waals surface area contributed by atoms with Crippen LogP contribution in [0.2, 0.25) is 0 Å². The van der Waals surface area contributed by atoms with Gasteiger partial charge in [-0.15, -0.1) is 0 Å². The molecule has 0 N–H and O–H groups in total. The van der Waals surface area contributed by atoms with E-state index in [2.05, 4.69) is 0 Å². The molecule has 0 bridgehead atoms. The summed E-state index contributed by atoms with van der Waals surface area (Å²) in [5, 5.41) is 0. The van der Waals surface area contributed by atoms with E-state index in [1.165, 1.54) is 0 Å². The van der Waals surface area contributed by atoms with E-state index in [-0.39, 0.29) is 60.7 Å². The molecule has 0 saturated carbocycles. The fraction of sp³-hybridized carbons (Fsp3) is 1.00. The standard InChI is InChI=1S/CH4.B.Cr.Ni.Si/h1H4;;;;. The van der Waals surface area contributed by atoms with Gasteiger partial charge in [-0.1, -0.05) is 7.43 Å². The fourth-order valence-electron chi connectivity index (χ4n) is 0. The predicted molar refractivity (Wildman–Crippen MR) is 18.2 cm³/mol. The molecule has 0 aromatic heterocycles. The third-order valence-corrected chi connectivity index (χ3v) is 0. The van der Waals surface area contributed by atoms with E-state index in [0.29, 0.717) is 0 Å². The topological polar surface area (TPSA) is 0 Å². The van der Waals surface area contributed by atoms with E-state index in [1.54, 1.807) is 0 Å². The summed E-state index contributed by atoms with van der Waals surface area (Å²) >= 11 is 0. The van der Waals surface area contributed by atoms with E-state index < -0.39 is 0 Å². The average Bonchev–Trinajstić information content (AvgIpc) is 0. The van der Waals surface area contributed by atoms with Crippen molar-refractivity contribution in [1.82, 2.24) is 0 Å². The third kappa shape index (κ3) is 34.0. The Balaban J connectivity index is 0. The zero-order valence-electron chi connectivity index (χ0n) is 1.80. The second-order valence-corrected chi connectivity index (χ2v) is 0. The number of hydrogen-bond acceptors (Lipinski definition) is 0. The summed E-state index contributed by atoms with van der Waals surface area (Å²) in [5.74, 6) is 0. The Bertz CT molecular complexity index is 11.6. The molecule has 0 unspecified atom stereocenters. The summed E-state index contributed by atoms with van der Waals surface area (Å²) in [6.07, 6.45) is 0. The molecule has 31 valence electrons. The van der Waals surface area contributed by atoms with Crippen molar-refractivity contribution in [2.24, 2.45) is 0 Å². The first kappa shape index (κ1) is 104. The number of rotatable bonds is 0. The summed E-state index contributed by atoms with van der Waals surface area (Å²) in [4.78, 5) is 0.